The van der Waals surface area contributed by atoms with Gasteiger partial charge in [-0.25, -0.2) is 0 Å². The second kappa shape index (κ2) is 11.6. The highest BCUT2D eigenvalue weighted by Crippen LogP contribution is 2.41. The van der Waals surface area contributed by atoms with E-state index in [0.717, 1.165) is 63.1 Å². The maximum absolute atomic E-state index is 12.7. The largest absolute Gasteiger partial charge is 0.497 e. The van der Waals surface area contributed by atoms with E-state index in [1.807, 2.05) is 63.2 Å². The smallest absolute Gasteiger partial charge is 0.244 e. The second-order valence-corrected chi connectivity index (χ2v) is 8.78. The second-order valence-electron chi connectivity index (χ2n) is 8.78. The molecule has 1 aromatic heterocycles. The summed E-state index contributed by atoms with van der Waals surface area (Å²) in [4.78, 5) is 12.7. The quantitative estimate of drug-likeness (QED) is 0.195. The van der Waals surface area contributed by atoms with E-state index in [1.54, 1.807) is 19.4 Å². The fraction of sp³-hybridized carbons (Fsp3) is 0.258. The Morgan fingerprint density at radius 1 is 1.08 bits per heavy atom. The number of benzene rings is 3. The molecular formula is C31H33NO4. The molecule has 36 heavy (non-hydrogen) atoms. The molecule has 0 aliphatic rings. The van der Waals surface area contributed by atoms with Gasteiger partial charge in [0, 0.05) is 34.7 Å². The number of allylic oxidation sites excluding steroid dienone is 1. The summed E-state index contributed by atoms with van der Waals surface area (Å²) in [6.45, 7) is 7.03. The number of hydrogen-bond acceptors (Lipinski definition) is 4. The van der Waals surface area contributed by atoms with Gasteiger partial charge in [-0.3, -0.25) is 4.79 Å². The van der Waals surface area contributed by atoms with E-state index in [0.29, 0.717) is 13.2 Å². The summed E-state index contributed by atoms with van der Waals surface area (Å²) in [5.74, 6) is 1.41. The minimum absolute atomic E-state index is 0.110. The zero-order valence-corrected chi connectivity index (χ0v) is 21.4. The molecule has 5 nitrogen and oxygen atoms in total. The standard InChI is InChI=1S/C31H33NO4/c1-5-35-30-22(3)31-27(28(20-36-31)24-14-9-15-25(18-24)34-4)19-26(30)21(2)17-29(33)32-16-10-13-23-11-7-6-8-12-23/h6-9,11-12,14-15,17-20H,5,10,13,16H2,1-4H3,(H,32,33)/b21-17+. The molecule has 1 N–H and O–H groups in total. The van der Waals surface area contributed by atoms with Crippen LogP contribution in [-0.4, -0.2) is 26.2 Å². The Bertz CT molecular complexity index is 1370. The van der Waals surface area contributed by atoms with Gasteiger partial charge in [-0.2, -0.15) is 0 Å². The predicted octanol–water partition coefficient (Wildman–Crippen LogP) is 6.97. The first-order valence-electron chi connectivity index (χ1n) is 12.3. The monoisotopic (exact) mass is 483 g/mol. The highest BCUT2D eigenvalue weighted by molar-refractivity contribution is 6.01. The normalized spacial score (nSPS) is 11.5. The van der Waals surface area contributed by atoms with Crippen LogP contribution < -0.4 is 14.8 Å². The van der Waals surface area contributed by atoms with Crippen LogP contribution in [0.1, 0.15) is 37.0 Å². The third-order valence-electron chi connectivity index (χ3n) is 6.27. The first-order valence-corrected chi connectivity index (χ1v) is 12.3. The van der Waals surface area contributed by atoms with Gasteiger partial charge in [0.2, 0.25) is 5.91 Å². The lowest BCUT2D eigenvalue weighted by Gasteiger charge is -2.15. The van der Waals surface area contributed by atoms with Gasteiger partial charge < -0.3 is 19.2 Å². The predicted molar refractivity (Wildman–Crippen MR) is 146 cm³/mol. The lowest BCUT2D eigenvalue weighted by molar-refractivity contribution is -0.116. The molecule has 0 spiro atoms. The van der Waals surface area contributed by atoms with E-state index < -0.39 is 0 Å². The van der Waals surface area contributed by atoms with Gasteiger partial charge >= 0.3 is 0 Å². The minimum Gasteiger partial charge on any atom is -0.497 e. The van der Waals surface area contributed by atoms with Gasteiger partial charge in [-0.15, -0.1) is 0 Å². The van der Waals surface area contributed by atoms with Crippen LogP contribution in [0.2, 0.25) is 0 Å². The summed E-state index contributed by atoms with van der Waals surface area (Å²) < 4.78 is 17.4. The number of methoxy groups -OCH3 is 1. The number of furan rings is 1. The van der Waals surface area contributed by atoms with Crippen molar-refractivity contribution in [3.05, 3.63) is 89.7 Å². The number of amides is 1. The van der Waals surface area contributed by atoms with Gasteiger partial charge in [-0.05, 0) is 68.5 Å². The van der Waals surface area contributed by atoms with E-state index in [-0.39, 0.29) is 5.91 Å². The van der Waals surface area contributed by atoms with E-state index >= 15 is 0 Å². The number of carbonyl (C=O) groups excluding carboxylic acids is 1. The summed E-state index contributed by atoms with van der Waals surface area (Å²) in [5, 5.41) is 3.98. The first-order chi connectivity index (χ1) is 17.5. The SMILES string of the molecule is CCOc1c(/C(C)=C/C(=O)NCCCc2ccccc2)cc2c(-c3cccc(OC)c3)coc2c1C. The Morgan fingerprint density at radius 3 is 2.64 bits per heavy atom. The average Bonchev–Trinajstić information content (AvgIpc) is 3.33. The molecule has 0 bridgehead atoms. The van der Waals surface area contributed by atoms with Gasteiger partial charge in [0.25, 0.3) is 0 Å². The first kappa shape index (κ1) is 25.1. The molecular weight excluding hydrogens is 450 g/mol. The highest BCUT2D eigenvalue weighted by atomic mass is 16.5. The van der Waals surface area contributed by atoms with Crippen LogP contribution >= 0.6 is 0 Å². The van der Waals surface area contributed by atoms with Crippen molar-refractivity contribution in [3.8, 4) is 22.6 Å². The van der Waals surface area contributed by atoms with Gasteiger partial charge in [-0.1, -0.05) is 42.5 Å². The zero-order chi connectivity index (χ0) is 25.5. The molecule has 4 aromatic rings. The van der Waals surface area contributed by atoms with Crippen molar-refractivity contribution in [2.45, 2.75) is 33.6 Å². The van der Waals surface area contributed by atoms with Crippen molar-refractivity contribution in [1.82, 2.24) is 5.32 Å². The van der Waals surface area contributed by atoms with Crippen LogP contribution in [0.5, 0.6) is 11.5 Å². The fourth-order valence-electron chi connectivity index (χ4n) is 4.43. The molecule has 0 atom stereocenters. The third-order valence-corrected chi connectivity index (χ3v) is 6.27. The topological polar surface area (TPSA) is 60.7 Å². The Balaban J connectivity index is 1.60. The Labute approximate surface area is 212 Å². The van der Waals surface area contributed by atoms with Gasteiger partial charge in [0.05, 0.1) is 20.0 Å². The molecule has 5 heteroatoms. The summed E-state index contributed by atoms with van der Waals surface area (Å²) in [6.07, 6.45) is 5.24. The van der Waals surface area contributed by atoms with Crippen LogP contribution in [0.4, 0.5) is 0 Å². The van der Waals surface area contributed by atoms with Crippen LogP contribution in [0.3, 0.4) is 0 Å². The molecule has 0 radical (unpaired) electrons. The molecule has 0 fully saturated rings. The summed E-state index contributed by atoms with van der Waals surface area (Å²) in [5.41, 5.74) is 6.65. The number of nitrogens with one attached hydrogen (secondary N) is 1. The molecule has 186 valence electrons. The van der Waals surface area contributed by atoms with Gasteiger partial charge in [0.15, 0.2) is 0 Å². The highest BCUT2D eigenvalue weighted by Gasteiger charge is 2.19. The maximum atomic E-state index is 12.7. The molecule has 0 aliphatic heterocycles. The number of fused-ring (bicyclic) bond motifs is 1. The number of carbonyl (C=O) groups is 1. The van der Waals surface area contributed by atoms with Crippen molar-refractivity contribution >= 4 is 22.4 Å². The summed E-state index contributed by atoms with van der Waals surface area (Å²) in [7, 11) is 1.66. The van der Waals surface area contributed by atoms with Crippen LogP contribution in [-0.2, 0) is 11.2 Å². The molecule has 0 saturated heterocycles. The summed E-state index contributed by atoms with van der Waals surface area (Å²) >= 11 is 0. The molecule has 0 unspecified atom stereocenters. The molecule has 1 heterocycles. The average molecular weight is 484 g/mol. The Kier molecular flexibility index (Phi) is 8.11. The molecule has 4 rings (SSSR count). The third kappa shape index (κ3) is 5.62. The molecule has 1 amide bonds. The van der Waals surface area contributed by atoms with Crippen molar-refractivity contribution < 1.29 is 18.7 Å². The van der Waals surface area contributed by atoms with E-state index in [4.69, 9.17) is 13.9 Å². The van der Waals surface area contributed by atoms with E-state index in [2.05, 4.69) is 23.5 Å². The van der Waals surface area contributed by atoms with Crippen molar-refractivity contribution in [2.24, 2.45) is 0 Å². The number of rotatable bonds is 10. The fourth-order valence-corrected chi connectivity index (χ4v) is 4.43. The van der Waals surface area contributed by atoms with Crippen LogP contribution in [0.15, 0.2) is 77.4 Å². The van der Waals surface area contributed by atoms with Crippen molar-refractivity contribution in [1.29, 1.82) is 0 Å². The molecule has 0 saturated carbocycles. The van der Waals surface area contributed by atoms with Crippen molar-refractivity contribution in [2.75, 3.05) is 20.3 Å². The number of ether oxygens (including phenoxy) is 2. The number of aryl methyl sites for hydroxylation is 2. The Hall–Kier alpha value is -3.99. The minimum atomic E-state index is -0.110. The number of hydrogen-bond donors (Lipinski definition) is 1. The maximum Gasteiger partial charge on any atom is 0.244 e. The van der Waals surface area contributed by atoms with Crippen molar-refractivity contribution in [3.63, 3.8) is 0 Å². The molecule has 0 aliphatic carbocycles. The van der Waals surface area contributed by atoms with E-state index in [1.165, 1.54) is 5.56 Å². The molecule has 3 aromatic carbocycles. The summed E-state index contributed by atoms with van der Waals surface area (Å²) in [6, 6.07) is 20.3. The lowest BCUT2D eigenvalue weighted by Crippen LogP contribution is -2.22. The van der Waals surface area contributed by atoms with E-state index in [9.17, 15) is 4.79 Å². The zero-order valence-electron chi connectivity index (χ0n) is 21.4. The Morgan fingerprint density at radius 2 is 1.89 bits per heavy atom. The van der Waals surface area contributed by atoms with Gasteiger partial charge in [0.1, 0.15) is 17.1 Å². The van der Waals surface area contributed by atoms with Crippen LogP contribution in [0.25, 0.3) is 27.7 Å². The lowest BCUT2D eigenvalue weighted by atomic mass is 9.96. The van der Waals surface area contributed by atoms with Crippen LogP contribution in [0, 0.1) is 6.92 Å².